The van der Waals surface area contributed by atoms with Gasteiger partial charge in [0.05, 0.1) is 0 Å². The molecule has 6 rings (SSSR count). The van der Waals surface area contributed by atoms with Gasteiger partial charge in [0.25, 0.3) is 0 Å². The molecule has 4 heteroatoms. The smallest absolute Gasteiger partial charge is 0.161 e. The Labute approximate surface area is 203 Å². The molecule has 0 N–H and O–H groups in total. The Hall–Kier alpha value is -4.70. The molecule has 4 nitrogen and oxygen atoms in total. The fraction of sp³-hybridized carbons (Fsp3) is 0.0323. The van der Waals surface area contributed by atoms with Crippen LogP contribution in [0.15, 0.2) is 110 Å². The minimum Gasteiger partial charge on any atom is -0.294 e. The van der Waals surface area contributed by atoms with Gasteiger partial charge >= 0.3 is 0 Å². The minimum atomic E-state index is 0.00654. The fourth-order valence-electron chi connectivity index (χ4n) is 4.75. The molecule has 0 bridgehead atoms. The van der Waals surface area contributed by atoms with Crippen molar-refractivity contribution < 1.29 is 4.79 Å². The lowest BCUT2D eigenvalue weighted by atomic mass is 9.86. The molecule has 0 fully saturated rings. The number of nitrogens with zero attached hydrogens (tertiary/aromatic N) is 3. The monoisotopic (exact) mass is 451 g/mol. The highest BCUT2D eigenvalue weighted by atomic mass is 16.1. The highest BCUT2D eigenvalue weighted by Crippen LogP contribution is 2.43. The molecule has 0 atom stereocenters. The van der Waals surface area contributed by atoms with Crippen LogP contribution in [0.3, 0.4) is 0 Å². The Balaban J connectivity index is 1.63. The van der Waals surface area contributed by atoms with Crippen LogP contribution in [0, 0.1) is 0 Å². The van der Waals surface area contributed by atoms with Crippen LogP contribution in [-0.2, 0) is 0 Å². The third-order valence-corrected chi connectivity index (χ3v) is 6.36. The Bertz CT molecular complexity index is 1650. The van der Waals surface area contributed by atoms with Crippen LogP contribution in [-0.4, -0.2) is 20.7 Å². The number of benzene rings is 4. The van der Waals surface area contributed by atoms with Crippen LogP contribution >= 0.6 is 0 Å². The van der Waals surface area contributed by atoms with Gasteiger partial charge in [0.15, 0.2) is 11.6 Å². The summed E-state index contributed by atoms with van der Waals surface area (Å²) < 4.78 is 0. The molecule has 6 aromatic rings. The fourth-order valence-corrected chi connectivity index (χ4v) is 4.75. The number of hydrogen-bond acceptors (Lipinski definition) is 4. The van der Waals surface area contributed by atoms with Crippen molar-refractivity contribution in [1.82, 2.24) is 15.0 Å². The third-order valence-electron chi connectivity index (χ3n) is 6.36. The number of aromatic nitrogens is 3. The Morgan fingerprint density at radius 1 is 0.600 bits per heavy atom. The molecule has 0 unspecified atom stereocenters. The lowest BCUT2D eigenvalue weighted by Crippen LogP contribution is -1.95. The number of rotatable bonds is 4. The molecule has 0 aliphatic rings. The molecule has 0 saturated carbocycles. The summed E-state index contributed by atoms with van der Waals surface area (Å²) in [7, 11) is 0. The minimum absolute atomic E-state index is 0.00654. The summed E-state index contributed by atoms with van der Waals surface area (Å²) in [6.07, 6.45) is 6.98. The predicted octanol–water partition coefficient (Wildman–Crippen LogP) is 7.38. The average molecular weight is 452 g/mol. The number of pyridine rings is 1. The van der Waals surface area contributed by atoms with Gasteiger partial charge in [-0.2, -0.15) is 0 Å². The second-order valence-electron chi connectivity index (χ2n) is 8.51. The van der Waals surface area contributed by atoms with E-state index in [9.17, 15) is 4.79 Å². The zero-order valence-electron chi connectivity index (χ0n) is 19.1. The molecule has 0 amide bonds. The van der Waals surface area contributed by atoms with Crippen LogP contribution in [0.1, 0.15) is 17.3 Å². The van der Waals surface area contributed by atoms with Crippen LogP contribution < -0.4 is 0 Å². The molecule has 0 saturated heterocycles. The first-order chi connectivity index (χ1) is 17.2. The van der Waals surface area contributed by atoms with Gasteiger partial charge in [0.1, 0.15) is 0 Å². The molecule has 2 heterocycles. The molecule has 2 aromatic heterocycles. The van der Waals surface area contributed by atoms with E-state index in [-0.39, 0.29) is 5.78 Å². The van der Waals surface area contributed by atoms with E-state index in [4.69, 9.17) is 0 Å². The van der Waals surface area contributed by atoms with Gasteiger partial charge in [-0.3, -0.25) is 9.78 Å². The highest BCUT2D eigenvalue weighted by Gasteiger charge is 2.17. The number of carbonyl (C=O) groups is 1. The second-order valence-corrected chi connectivity index (χ2v) is 8.51. The molecule has 0 aliphatic carbocycles. The summed E-state index contributed by atoms with van der Waals surface area (Å²) in [4.78, 5) is 25.2. The van der Waals surface area contributed by atoms with Crippen molar-refractivity contribution in [2.24, 2.45) is 0 Å². The maximum Gasteiger partial charge on any atom is 0.161 e. The van der Waals surface area contributed by atoms with E-state index in [0.717, 1.165) is 43.8 Å². The van der Waals surface area contributed by atoms with Crippen molar-refractivity contribution in [1.29, 1.82) is 0 Å². The standard InChI is InChI=1S/C31H21N3O/c1-20(35)23-17-24(19-32-18-23)30-27-9-4-2-7-25(27)29(26-8-3-5-10-28(26)30)21-11-13-22(14-12-21)31-33-15-6-16-34-31/h2-19H,1H3. The van der Waals surface area contributed by atoms with Crippen LogP contribution in [0.25, 0.3) is 55.2 Å². The Morgan fingerprint density at radius 3 is 1.66 bits per heavy atom. The molecule has 0 radical (unpaired) electrons. The van der Waals surface area contributed by atoms with Gasteiger partial charge in [0, 0.05) is 41.5 Å². The first kappa shape index (κ1) is 20.9. The van der Waals surface area contributed by atoms with Crippen molar-refractivity contribution in [2.75, 3.05) is 0 Å². The summed E-state index contributed by atoms with van der Waals surface area (Å²) in [5.74, 6) is 0.717. The lowest BCUT2D eigenvalue weighted by Gasteiger charge is -2.18. The van der Waals surface area contributed by atoms with E-state index in [1.54, 1.807) is 25.5 Å². The summed E-state index contributed by atoms with van der Waals surface area (Å²) in [5.41, 5.74) is 5.92. The topological polar surface area (TPSA) is 55.7 Å². The Morgan fingerprint density at radius 2 is 1.11 bits per heavy atom. The Kier molecular flexibility index (Phi) is 5.12. The number of fused-ring (bicyclic) bond motifs is 2. The van der Waals surface area contributed by atoms with Gasteiger partial charge in [-0.1, -0.05) is 72.8 Å². The number of Topliss-reactive ketones (excluding diaryl/α,β-unsaturated/α-hetero) is 1. The van der Waals surface area contributed by atoms with Crippen molar-refractivity contribution >= 4 is 27.3 Å². The first-order valence-corrected chi connectivity index (χ1v) is 11.5. The predicted molar refractivity (Wildman–Crippen MR) is 141 cm³/mol. The van der Waals surface area contributed by atoms with E-state index in [1.165, 1.54) is 5.56 Å². The van der Waals surface area contributed by atoms with E-state index in [0.29, 0.717) is 11.4 Å². The highest BCUT2D eigenvalue weighted by molar-refractivity contribution is 6.21. The van der Waals surface area contributed by atoms with E-state index in [2.05, 4.69) is 87.7 Å². The van der Waals surface area contributed by atoms with Crippen molar-refractivity contribution in [3.05, 3.63) is 115 Å². The summed E-state index contributed by atoms with van der Waals surface area (Å²) in [5, 5.41) is 4.55. The number of hydrogen-bond donors (Lipinski definition) is 0. The van der Waals surface area contributed by atoms with Gasteiger partial charge in [-0.05, 0) is 57.3 Å². The van der Waals surface area contributed by atoms with Crippen molar-refractivity contribution in [2.45, 2.75) is 6.92 Å². The summed E-state index contributed by atoms with van der Waals surface area (Å²) in [6, 6.07) is 29.1. The van der Waals surface area contributed by atoms with Gasteiger partial charge in [-0.25, -0.2) is 9.97 Å². The van der Waals surface area contributed by atoms with E-state index in [1.807, 2.05) is 18.3 Å². The van der Waals surface area contributed by atoms with Crippen LogP contribution in [0.5, 0.6) is 0 Å². The van der Waals surface area contributed by atoms with Crippen molar-refractivity contribution in [3.8, 4) is 33.6 Å². The van der Waals surface area contributed by atoms with Crippen LogP contribution in [0.2, 0.25) is 0 Å². The summed E-state index contributed by atoms with van der Waals surface area (Å²) in [6.45, 7) is 1.57. The number of ketones is 1. The third kappa shape index (κ3) is 3.65. The van der Waals surface area contributed by atoms with Gasteiger partial charge in [-0.15, -0.1) is 0 Å². The quantitative estimate of drug-likeness (QED) is 0.207. The van der Waals surface area contributed by atoms with E-state index < -0.39 is 0 Å². The molecule has 35 heavy (non-hydrogen) atoms. The van der Waals surface area contributed by atoms with Crippen LogP contribution in [0.4, 0.5) is 0 Å². The zero-order valence-corrected chi connectivity index (χ0v) is 19.1. The number of carbonyl (C=O) groups excluding carboxylic acids is 1. The second kappa shape index (κ2) is 8.58. The van der Waals surface area contributed by atoms with E-state index >= 15 is 0 Å². The largest absolute Gasteiger partial charge is 0.294 e. The van der Waals surface area contributed by atoms with Crippen molar-refractivity contribution in [3.63, 3.8) is 0 Å². The molecule has 0 spiro atoms. The summed E-state index contributed by atoms with van der Waals surface area (Å²) >= 11 is 0. The SMILES string of the molecule is CC(=O)c1cncc(-c2c3ccccc3c(-c3ccc(-c4ncccn4)cc3)c3ccccc23)c1. The molecular weight excluding hydrogens is 430 g/mol. The molecular formula is C31H21N3O. The molecule has 4 aromatic carbocycles. The maximum atomic E-state index is 12.1. The molecule has 0 aliphatic heterocycles. The zero-order chi connectivity index (χ0) is 23.8. The molecule has 166 valence electrons. The van der Waals surface area contributed by atoms with Gasteiger partial charge < -0.3 is 0 Å². The normalized spacial score (nSPS) is 11.1. The van der Waals surface area contributed by atoms with Gasteiger partial charge in [0.2, 0.25) is 0 Å². The first-order valence-electron chi connectivity index (χ1n) is 11.5. The lowest BCUT2D eigenvalue weighted by molar-refractivity contribution is 0.101. The maximum absolute atomic E-state index is 12.1. The average Bonchev–Trinajstić information content (AvgIpc) is 2.92.